The molecule has 1 aliphatic rings. The van der Waals surface area contributed by atoms with Crippen molar-refractivity contribution in [2.24, 2.45) is 7.05 Å². The first kappa shape index (κ1) is 10.5. The van der Waals surface area contributed by atoms with E-state index in [0.29, 0.717) is 6.04 Å². The van der Waals surface area contributed by atoms with Crippen molar-refractivity contribution >= 4 is 5.95 Å². The van der Waals surface area contributed by atoms with Crippen LogP contribution in [0.1, 0.15) is 26.7 Å². The number of imidazole rings is 1. The Morgan fingerprint density at radius 3 is 3.00 bits per heavy atom. The maximum absolute atomic E-state index is 5.68. The topological polar surface area (TPSA) is 39.1 Å². The van der Waals surface area contributed by atoms with Crippen molar-refractivity contribution < 1.29 is 4.74 Å². The average molecular weight is 209 g/mol. The van der Waals surface area contributed by atoms with E-state index in [9.17, 15) is 0 Å². The van der Waals surface area contributed by atoms with Gasteiger partial charge >= 0.3 is 0 Å². The summed E-state index contributed by atoms with van der Waals surface area (Å²) < 4.78 is 7.68. The highest BCUT2D eigenvalue weighted by Crippen LogP contribution is 2.25. The second-order valence-electron chi connectivity index (χ2n) is 4.80. The second-order valence-corrected chi connectivity index (χ2v) is 4.80. The van der Waals surface area contributed by atoms with E-state index in [1.807, 2.05) is 24.0 Å². The molecule has 4 heteroatoms. The Labute approximate surface area is 90.6 Å². The summed E-state index contributed by atoms with van der Waals surface area (Å²) in [5.74, 6) is 0.942. The van der Waals surface area contributed by atoms with Crippen molar-refractivity contribution in [2.75, 3.05) is 11.9 Å². The van der Waals surface area contributed by atoms with E-state index < -0.39 is 0 Å². The zero-order chi connectivity index (χ0) is 10.9. The lowest BCUT2D eigenvalue weighted by Gasteiger charge is -2.35. The fraction of sp³-hybridized carbons (Fsp3) is 0.727. The summed E-state index contributed by atoms with van der Waals surface area (Å²) in [5.41, 5.74) is -0.0128. The normalized spacial score (nSPS) is 25.1. The van der Waals surface area contributed by atoms with Crippen LogP contribution in [0.25, 0.3) is 0 Å². The fourth-order valence-corrected chi connectivity index (χ4v) is 2.04. The van der Waals surface area contributed by atoms with E-state index in [2.05, 4.69) is 24.1 Å². The summed E-state index contributed by atoms with van der Waals surface area (Å²) >= 11 is 0. The predicted molar refractivity (Wildman–Crippen MR) is 59.9 cm³/mol. The zero-order valence-corrected chi connectivity index (χ0v) is 9.66. The lowest BCUT2D eigenvalue weighted by molar-refractivity contribution is -0.0554. The average Bonchev–Trinajstić information content (AvgIpc) is 2.50. The van der Waals surface area contributed by atoms with E-state index in [0.717, 1.165) is 25.4 Å². The summed E-state index contributed by atoms with van der Waals surface area (Å²) in [7, 11) is 2.00. The van der Waals surface area contributed by atoms with Gasteiger partial charge in [-0.25, -0.2) is 4.98 Å². The molecule has 1 fully saturated rings. The number of nitrogens with one attached hydrogen (secondary N) is 1. The predicted octanol–water partition coefficient (Wildman–Crippen LogP) is 1.79. The summed E-state index contributed by atoms with van der Waals surface area (Å²) in [6.07, 6.45) is 5.84. The molecule has 0 spiro atoms. The second kappa shape index (κ2) is 3.85. The smallest absolute Gasteiger partial charge is 0.202 e. The molecule has 1 aromatic heterocycles. The van der Waals surface area contributed by atoms with Crippen molar-refractivity contribution in [3.8, 4) is 0 Å². The van der Waals surface area contributed by atoms with Gasteiger partial charge in [0.05, 0.1) is 5.60 Å². The van der Waals surface area contributed by atoms with Crippen LogP contribution < -0.4 is 5.32 Å². The highest BCUT2D eigenvalue weighted by atomic mass is 16.5. The monoisotopic (exact) mass is 209 g/mol. The maximum Gasteiger partial charge on any atom is 0.202 e. The molecule has 0 aliphatic carbocycles. The van der Waals surface area contributed by atoms with Crippen LogP contribution >= 0.6 is 0 Å². The molecule has 84 valence electrons. The van der Waals surface area contributed by atoms with Gasteiger partial charge in [0.1, 0.15) is 0 Å². The van der Waals surface area contributed by atoms with Crippen LogP contribution in [0.5, 0.6) is 0 Å². The van der Waals surface area contributed by atoms with Crippen LogP contribution in [-0.2, 0) is 11.8 Å². The Morgan fingerprint density at radius 2 is 2.40 bits per heavy atom. The van der Waals surface area contributed by atoms with Gasteiger partial charge in [0.25, 0.3) is 0 Å². The molecule has 0 aromatic carbocycles. The molecule has 4 nitrogen and oxygen atoms in total. The zero-order valence-electron chi connectivity index (χ0n) is 9.66. The molecule has 1 aromatic rings. The van der Waals surface area contributed by atoms with Crippen LogP contribution in [0.2, 0.25) is 0 Å². The van der Waals surface area contributed by atoms with Gasteiger partial charge in [-0.3, -0.25) is 0 Å². The quantitative estimate of drug-likeness (QED) is 0.807. The lowest BCUT2D eigenvalue weighted by atomic mass is 9.94. The first-order valence-electron chi connectivity index (χ1n) is 5.45. The molecule has 0 saturated carbocycles. The van der Waals surface area contributed by atoms with E-state index in [1.54, 1.807) is 0 Å². The van der Waals surface area contributed by atoms with Crippen molar-refractivity contribution in [1.29, 1.82) is 0 Å². The van der Waals surface area contributed by atoms with Gasteiger partial charge < -0.3 is 14.6 Å². The van der Waals surface area contributed by atoms with Crippen LogP contribution in [0.15, 0.2) is 12.4 Å². The molecular weight excluding hydrogens is 190 g/mol. The van der Waals surface area contributed by atoms with Crippen molar-refractivity contribution in [3.05, 3.63) is 12.4 Å². The molecule has 0 amide bonds. The Bertz CT molecular complexity index is 332. The van der Waals surface area contributed by atoms with E-state index in [1.165, 1.54) is 0 Å². The number of ether oxygens (including phenoxy) is 1. The number of hydrogen-bond donors (Lipinski definition) is 1. The fourth-order valence-electron chi connectivity index (χ4n) is 2.04. The summed E-state index contributed by atoms with van der Waals surface area (Å²) in [6, 6.07) is 0.467. The van der Waals surface area contributed by atoms with Gasteiger partial charge in [0.2, 0.25) is 5.95 Å². The summed E-state index contributed by atoms with van der Waals surface area (Å²) in [6.45, 7) is 5.10. The molecule has 2 heterocycles. The van der Waals surface area contributed by atoms with Gasteiger partial charge in [-0.1, -0.05) is 0 Å². The number of rotatable bonds is 2. The Kier molecular flexibility index (Phi) is 2.69. The summed E-state index contributed by atoms with van der Waals surface area (Å²) in [4.78, 5) is 4.27. The van der Waals surface area contributed by atoms with Crippen molar-refractivity contribution in [1.82, 2.24) is 9.55 Å². The first-order valence-corrected chi connectivity index (χ1v) is 5.45. The molecule has 1 N–H and O–H groups in total. The molecule has 2 rings (SSSR count). The molecule has 1 atom stereocenters. The van der Waals surface area contributed by atoms with Gasteiger partial charge in [0, 0.05) is 32.1 Å². The molecule has 1 unspecified atom stereocenters. The minimum Gasteiger partial charge on any atom is -0.375 e. The molecule has 1 aliphatic heterocycles. The van der Waals surface area contributed by atoms with E-state index >= 15 is 0 Å². The highest BCUT2D eigenvalue weighted by molar-refractivity contribution is 5.27. The third-order valence-electron chi connectivity index (χ3n) is 2.85. The van der Waals surface area contributed by atoms with E-state index in [4.69, 9.17) is 4.74 Å². The largest absolute Gasteiger partial charge is 0.375 e. The molecular formula is C11H19N3O. The van der Waals surface area contributed by atoms with Crippen molar-refractivity contribution in [2.45, 2.75) is 38.3 Å². The first-order chi connectivity index (χ1) is 7.07. The van der Waals surface area contributed by atoms with E-state index in [-0.39, 0.29) is 5.60 Å². The minimum atomic E-state index is -0.0128. The number of nitrogens with zero attached hydrogens (tertiary/aromatic N) is 2. The molecule has 1 saturated heterocycles. The Hall–Kier alpha value is -1.03. The van der Waals surface area contributed by atoms with Crippen LogP contribution in [0.3, 0.4) is 0 Å². The Balaban J connectivity index is 1.98. The van der Waals surface area contributed by atoms with Crippen LogP contribution in [-0.4, -0.2) is 27.8 Å². The van der Waals surface area contributed by atoms with Crippen LogP contribution in [0, 0.1) is 0 Å². The lowest BCUT2D eigenvalue weighted by Crippen LogP contribution is -2.40. The standard InChI is InChI=1S/C11H19N3O/c1-11(2)8-9(4-7-15-11)13-10-12-5-6-14(10)3/h5-6,9H,4,7-8H2,1-3H3,(H,12,13). The number of hydrogen-bond acceptors (Lipinski definition) is 3. The van der Waals surface area contributed by atoms with Gasteiger partial charge in [-0.2, -0.15) is 0 Å². The van der Waals surface area contributed by atoms with Gasteiger partial charge in [-0.15, -0.1) is 0 Å². The van der Waals surface area contributed by atoms with Crippen LogP contribution in [0.4, 0.5) is 5.95 Å². The van der Waals surface area contributed by atoms with Gasteiger partial charge in [-0.05, 0) is 26.7 Å². The number of anilines is 1. The molecule has 15 heavy (non-hydrogen) atoms. The summed E-state index contributed by atoms with van der Waals surface area (Å²) in [5, 5.41) is 3.46. The Morgan fingerprint density at radius 1 is 1.60 bits per heavy atom. The highest BCUT2D eigenvalue weighted by Gasteiger charge is 2.29. The number of aryl methyl sites for hydroxylation is 1. The molecule has 0 bridgehead atoms. The number of aromatic nitrogens is 2. The van der Waals surface area contributed by atoms with Crippen molar-refractivity contribution in [3.63, 3.8) is 0 Å². The third-order valence-corrected chi connectivity index (χ3v) is 2.85. The molecule has 0 radical (unpaired) electrons. The van der Waals surface area contributed by atoms with Gasteiger partial charge in [0.15, 0.2) is 0 Å². The minimum absolute atomic E-state index is 0.0128. The SMILES string of the molecule is Cn1ccnc1NC1CCOC(C)(C)C1. The third kappa shape index (κ3) is 2.50. The maximum atomic E-state index is 5.68.